The van der Waals surface area contributed by atoms with Crippen LogP contribution in [0.4, 0.5) is 0 Å². The molecule has 0 N–H and O–H groups in total. The van der Waals surface area contributed by atoms with E-state index >= 15 is 0 Å². The van der Waals surface area contributed by atoms with Crippen molar-refractivity contribution < 1.29 is 4.79 Å². The standard InChI is InChI=1S/C21H22N4O/c26-21(24-10-3-4-16(13-24)25-11-9-22-14-25)18-12-20(15-7-8-15)23-19-6-2-1-5-17(18)19/h1-2,5-6,9,11-12,14-16H,3-4,7-8,10,13H2/t16-/m0/s1. The van der Waals surface area contributed by atoms with Gasteiger partial charge in [0, 0.05) is 42.5 Å². The van der Waals surface area contributed by atoms with Gasteiger partial charge in [0.15, 0.2) is 0 Å². The van der Waals surface area contributed by atoms with Crippen LogP contribution in [0.5, 0.6) is 0 Å². The van der Waals surface area contributed by atoms with Gasteiger partial charge in [-0.25, -0.2) is 4.98 Å². The minimum Gasteiger partial charge on any atom is -0.337 e. The molecule has 1 saturated carbocycles. The molecule has 1 saturated heterocycles. The minimum atomic E-state index is 0.135. The van der Waals surface area contributed by atoms with E-state index in [4.69, 9.17) is 4.98 Å². The molecule has 0 radical (unpaired) electrons. The highest BCUT2D eigenvalue weighted by molar-refractivity contribution is 6.06. The van der Waals surface area contributed by atoms with Gasteiger partial charge in [-0.1, -0.05) is 18.2 Å². The van der Waals surface area contributed by atoms with Crippen LogP contribution in [0.2, 0.25) is 0 Å². The van der Waals surface area contributed by atoms with E-state index < -0.39 is 0 Å². The molecule has 1 aromatic carbocycles. The van der Waals surface area contributed by atoms with Crippen molar-refractivity contribution in [3.05, 3.63) is 60.3 Å². The van der Waals surface area contributed by atoms with Gasteiger partial charge in [-0.15, -0.1) is 0 Å². The smallest absolute Gasteiger partial charge is 0.254 e. The molecule has 1 atom stereocenters. The van der Waals surface area contributed by atoms with E-state index in [-0.39, 0.29) is 5.91 Å². The lowest BCUT2D eigenvalue weighted by atomic mass is 10.0. The number of imidazole rings is 1. The number of likely N-dealkylation sites (tertiary alicyclic amines) is 1. The van der Waals surface area contributed by atoms with Crippen LogP contribution >= 0.6 is 0 Å². The first-order chi connectivity index (χ1) is 12.8. The summed E-state index contributed by atoms with van der Waals surface area (Å²) in [5, 5.41) is 0.964. The minimum absolute atomic E-state index is 0.135. The van der Waals surface area contributed by atoms with Crippen LogP contribution in [0.25, 0.3) is 10.9 Å². The molecule has 5 rings (SSSR count). The number of aromatic nitrogens is 3. The second kappa shape index (κ2) is 6.24. The molecule has 3 aromatic rings. The lowest BCUT2D eigenvalue weighted by Crippen LogP contribution is -2.40. The second-order valence-electron chi connectivity index (χ2n) is 7.44. The molecule has 1 aliphatic carbocycles. The van der Waals surface area contributed by atoms with Gasteiger partial charge in [-0.3, -0.25) is 9.78 Å². The number of carbonyl (C=O) groups is 1. The maximum Gasteiger partial charge on any atom is 0.254 e. The molecule has 0 spiro atoms. The van der Waals surface area contributed by atoms with Crippen LogP contribution in [0.15, 0.2) is 49.1 Å². The van der Waals surface area contributed by atoms with Gasteiger partial charge in [-0.05, 0) is 37.8 Å². The Morgan fingerprint density at radius 2 is 2.04 bits per heavy atom. The van der Waals surface area contributed by atoms with Gasteiger partial charge < -0.3 is 9.47 Å². The molecule has 26 heavy (non-hydrogen) atoms. The zero-order valence-electron chi connectivity index (χ0n) is 14.7. The normalized spacial score (nSPS) is 20.5. The van der Waals surface area contributed by atoms with E-state index in [1.807, 2.05) is 47.8 Å². The van der Waals surface area contributed by atoms with Crippen molar-refractivity contribution in [2.24, 2.45) is 0 Å². The first-order valence-corrected chi connectivity index (χ1v) is 9.46. The molecule has 1 amide bonds. The van der Waals surface area contributed by atoms with Gasteiger partial charge in [0.2, 0.25) is 0 Å². The van der Waals surface area contributed by atoms with Crippen molar-refractivity contribution in [3.8, 4) is 0 Å². The lowest BCUT2D eigenvalue weighted by Gasteiger charge is -2.33. The van der Waals surface area contributed by atoms with E-state index in [2.05, 4.69) is 9.55 Å². The summed E-state index contributed by atoms with van der Waals surface area (Å²) in [7, 11) is 0. The highest BCUT2D eigenvalue weighted by Gasteiger charge is 2.30. The molecule has 2 aliphatic rings. The number of rotatable bonds is 3. The second-order valence-corrected chi connectivity index (χ2v) is 7.44. The van der Waals surface area contributed by atoms with Crippen molar-refractivity contribution >= 4 is 16.8 Å². The topological polar surface area (TPSA) is 51.0 Å². The lowest BCUT2D eigenvalue weighted by molar-refractivity contribution is 0.0681. The number of hydrogen-bond acceptors (Lipinski definition) is 3. The van der Waals surface area contributed by atoms with E-state index in [1.54, 1.807) is 6.20 Å². The highest BCUT2D eigenvalue weighted by atomic mass is 16.2. The van der Waals surface area contributed by atoms with Gasteiger partial charge in [0.1, 0.15) is 0 Å². The summed E-state index contributed by atoms with van der Waals surface area (Å²) in [5.74, 6) is 0.668. The maximum absolute atomic E-state index is 13.4. The van der Waals surface area contributed by atoms with Crippen LogP contribution in [0.3, 0.4) is 0 Å². The van der Waals surface area contributed by atoms with Crippen molar-refractivity contribution in [2.75, 3.05) is 13.1 Å². The first kappa shape index (κ1) is 15.6. The van der Waals surface area contributed by atoms with Gasteiger partial charge in [0.05, 0.1) is 23.4 Å². The van der Waals surface area contributed by atoms with E-state index in [0.717, 1.165) is 48.1 Å². The zero-order valence-corrected chi connectivity index (χ0v) is 14.7. The van der Waals surface area contributed by atoms with Crippen LogP contribution in [-0.4, -0.2) is 38.4 Å². The van der Waals surface area contributed by atoms with Gasteiger partial charge >= 0.3 is 0 Å². The summed E-state index contributed by atoms with van der Waals surface area (Å²) in [4.78, 5) is 24.4. The Hall–Kier alpha value is -2.69. The van der Waals surface area contributed by atoms with Crippen molar-refractivity contribution in [1.82, 2.24) is 19.4 Å². The SMILES string of the molecule is O=C(c1cc(C2CC2)nc2ccccc12)N1CCC[C@H](n2ccnc2)C1. The molecule has 3 heterocycles. The Morgan fingerprint density at radius 3 is 2.85 bits per heavy atom. The van der Waals surface area contributed by atoms with Crippen molar-refractivity contribution in [3.63, 3.8) is 0 Å². The van der Waals surface area contributed by atoms with Gasteiger partial charge in [0.25, 0.3) is 5.91 Å². The van der Waals surface area contributed by atoms with Crippen LogP contribution < -0.4 is 0 Å². The number of pyridine rings is 1. The largest absolute Gasteiger partial charge is 0.337 e. The number of benzene rings is 1. The summed E-state index contributed by atoms with van der Waals surface area (Å²) in [5.41, 5.74) is 2.82. The summed E-state index contributed by atoms with van der Waals surface area (Å²) in [6.07, 6.45) is 10.1. The number of carbonyl (C=O) groups excluding carboxylic acids is 1. The number of piperidine rings is 1. The van der Waals surface area contributed by atoms with Crippen LogP contribution in [-0.2, 0) is 0 Å². The monoisotopic (exact) mass is 346 g/mol. The quantitative estimate of drug-likeness (QED) is 0.725. The Bertz CT molecular complexity index is 946. The number of fused-ring (bicyclic) bond motifs is 1. The van der Waals surface area contributed by atoms with Crippen molar-refractivity contribution in [1.29, 1.82) is 0 Å². The Morgan fingerprint density at radius 1 is 1.15 bits per heavy atom. The Labute approximate surface area is 152 Å². The number of para-hydroxylation sites is 1. The predicted molar refractivity (Wildman–Crippen MR) is 100 cm³/mol. The summed E-state index contributed by atoms with van der Waals surface area (Å²) < 4.78 is 2.12. The zero-order chi connectivity index (χ0) is 17.5. The summed E-state index contributed by atoms with van der Waals surface area (Å²) in [6.45, 7) is 1.56. The fourth-order valence-corrected chi connectivity index (χ4v) is 4.00. The fraction of sp³-hybridized carbons (Fsp3) is 0.381. The van der Waals surface area contributed by atoms with Crippen LogP contribution in [0.1, 0.15) is 53.7 Å². The fourth-order valence-electron chi connectivity index (χ4n) is 4.00. The molecule has 5 nitrogen and oxygen atoms in total. The van der Waals surface area contributed by atoms with E-state index in [9.17, 15) is 4.79 Å². The van der Waals surface area contributed by atoms with E-state index in [0.29, 0.717) is 12.0 Å². The van der Waals surface area contributed by atoms with Crippen molar-refractivity contribution in [2.45, 2.75) is 37.6 Å². The Balaban J connectivity index is 1.49. The molecule has 0 unspecified atom stereocenters. The number of nitrogens with zero attached hydrogens (tertiary/aromatic N) is 4. The third-order valence-electron chi connectivity index (χ3n) is 5.59. The average molecular weight is 346 g/mol. The molecule has 5 heteroatoms. The number of amides is 1. The summed E-state index contributed by atoms with van der Waals surface area (Å²) >= 11 is 0. The molecular formula is C21H22N4O. The first-order valence-electron chi connectivity index (χ1n) is 9.46. The summed E-state index contributed by atoms with van der Waals surface area (Å²) in [6, 6.07) is 10.4. The third-order valence-corrected chi connectivity index (χ3v) is 5.59. The van der Waals surface area contributed by atoms with E-state index in [1.165, 1.54) is 12.8 Å². The predicted octanol–water partition coefficient (Wildman–Crippen LogP) is 3.79. The molecule has 0 bridgehead atoms. The van der Waals surface area contributed by atoms with Gasteiger partial charge in [-0.2, -0.15) is 0 Å². The number of hydrogen-bond donors (Lipinski definition) is 0. The molecule has 2 aromatic heterocycles. The average Bonchev–Trinajstić information content (AvgIpc) is 3.40. The molecular weight excluding hydrogens is 324 g/mol. The third kappa shape index (κ3) is 2.77. The Kier molecular flexibility index (Phi) is 3.73. The van der Waals surface area contributed by atoms with Crippen LogP contribution in [0, 0.1) is 0 Å². The molecule has 1 aliphatic heterocycles. The molecule has 2 fully saturated rings. The maximum atomic E-state index is 13.4. The highest BCUT2D eigenvalue weighted by Crippen LogP contribution is 2.40. The molecule has 132 valence electrons.